The number of benzene rings is 1. The number of hydrogen-bond donors (Lipinski definition) is 1. The third-order valence-corrected chi connectivity index (χ3v) is 4.18. The van der Waals surface area contributed by atoms with Crippen molar-refractivity contribution in [3.05, 3.63) is 32.4 Å². The summed E-state index contributed by atoms with van der Waals surface area (Å²) in [5.74, 6) is -1.07. The molecule has 1 aromatic rings. The van der Waals surface area contributed by atoms with Crippen LogP contribution >= 0.6 is 22.6 Å². The first-order valence-corrected chi connectivity index (χ1v) is 8.18. The fourth-order valence-corrected chi connectivity index (χ4v) is 2.90. The van der Waals surface area contributed by atoms with Gasteiger partial charge in [0.05, 0.1) is 17.7 Å². The minimum absolute atomic E-state index is 0.0871. The molecule has 0 atom stereocenters. The highest BCUT2D eigenvalue weighted by molar-refractivity contribution is 14.1. The third kappa shape index (κ3) is 4.98. The molecular weight excluding hydrogens is 383 g/mol. The number of carboxylic acids is 1. The van der Waals surface area contributed by atoms with Gasteiger partial charge in [-0.15, -0.1) is 0 Å². The Hall–Kier alpha value is -1.11. The summed E-state index contributed by atoms with van der Waals surface area (Å²) < 4.78 is 5.83. The first-order valence-electron chi connectivity index (χ1n) is 7.10. The average molecular weight is 404 g/mol. The van der Waals surface area contributed by atoms with Gasteiger partial charge in [0.25, 0.3) is 0 Å². The van der Waals surface area contributed by atoms with Crippen molar-refractivity contribution in [1.82, 2.24) is 0 Å². The number of esters is 1. The van der Waals surface area contributed by atoms with Crippen molar-refractivity contribution in [2.45, 2.75) is 40.0 Å². The van der Waals surface area contributed by atoms with E-state index in [0.29, 0.717) is 12.3 Å². The maximum atomic E-state index is 11.9. The Bertz CT molecular complexity index is 523. The Labute approximate surface area is 139 Å². The van der Waals surface area contributed by atoms with E-state index in [1.807, 2.05) is 0 Å². The van der Waals surface area contributed by atoms with Gasteiger partial charge in [-0.3, -0.25) is 0 Å². The van der Waals surface area contributed by atoms with Crippen LogP contribution in [0.4, 0.5) is 0 Å². The van der Waals surface area contributed by atoms with E-state index >= 15 is 0 Å². The zero-order valence-electron chi connectivity index (χ0n) is 12.6. The molecule has 0 fully saturated rings. The van der Waals surface area contributed by atoms with Crippen molar-refractivity contribution in [2.24, 2.45) is 5.92 Å². The summed E-state index contributed by atoms with van der Waals surface area (Å²) >= 11 is 2.12. The van der Waals surface area contributed by atoms with Crippen molar-refractivity contribution >= 4 is 34.5 Å². The quantitative estimate of drug-likeness (QED) is 0.548. The average Bonchev–Trinajstić information content (AvgIpc) is 2.39. The lowest BCUT2D eigenvalue weighted by Gasteiger charge is -2.13. The zero-order valence-corrected chi connectivity index (χ0v) is 14.8. The lowest BCUT2D eigenvalue weighted by atomic mass is 9.95. The fourth-order valence-electron chi connectivity index (χ4n) is 2.18. The van der Waals surface area contributed by atoms with Gasteiger partial charge in [0.1, 0.15) is 0 Å². The largest absolute Gasteiger partial charge is 0.478 e. The Morgan fingerprint density at radius 3 is 2.52 bits per heavy atom. The van der Waals surface area contributed by atoms with E-state index in [-0.39, 0.29) is 17.7 Å². The highest BCUT2D eigenvalue weighted by Gasteiger charge is 2.23. The van der Waals surface area contributed by atoms with Crippen LogP contribution in [0.15, 0.2) is 12.1 Å². The molecule has 0 saturated carbocycles. The summed E-state index contributed by atoms with van der Waals surface area (Å²) in [4.78, 5) is 23.5. The summed E-state index contributed by atoms with van der Waals surface area (Å²) in [6, 6.07) is 3.32. The van der Waals surface area contributed by atoms with E-state index in [4.69, 9.17) is 4.74 Å². The highest BCUT2D eigenvalue weighted by Crippen LogP contribution is 2.24. The second kappa shape index (κ2) is 8.36. The Kier molecular flexibility index (Phi) is 7.14. The van der Waals surface area contributed by atoms with E-state index in [9.17, 15) is 14.7 Å². The molecule has 1 aromatic carbocycles. The van der Waals surface area contributed by atoms with Gasteiger partial charge in [-0.1, -0.05) is 20.3 Å². The molecule has 1 rings (SSSR count). The molecule has 21 heavy (non-hydrogen) atoms. The molecule has 5 heteroatoms. The van der Waals surface area contributed by atoms with Crippen LogP contribution in [0.3, 0.4) is 0 Å². The van der Waals surface area contributed by atoms with Gasteiger partial charge in [-0.2, -0.15) is 0 Å². The number of ether oxygens (including phenoxy) is 1. The second-order valence-electron chi connectivity index (χ2n) is 5.26. The molecular formula is C16H21IO4. The van der Waals surface area contributed by atoms with Crippen LogP contribution < -0.4 is 0 Å². The molecule has 0 aliphatic rings. The number of halogens is 1. The van der Waals surface area contributed by atoms with Crippen molar-refractivity contribution < 1.29 is 19.4 Å². The number of hydrogen-bond acceptors (Lipinski definition) is 3. The normalized spacial score (nSPS) is 10.7. The summed E-state index contributed by atoms with van der Waals surface area (Å²) in [7, 11) is 0. The van der Waals surface area contributed by atoms with Crippen LogP contribution in [0, 0.1) is 9.49 Å². The molecule has 1 N–H and O–H groups in total. The van der Waals surface area contributed by atoms with Crippen LogP contribution in [-0.2, 0) is 11.2 Å². The molecule has 0 aliphatic heterocycles. The van der Waals surface area contributed by atoms with Gasteiger partial charge in [0.15, 0.2) is 0 Å². The highest BCUT2D eigenvalue weighted by atomic mass is 127. The van der Waals surface area contributed by atoms with Crippen molar-refractivity contribution in [3.8, 4) is 0 Å². The van der Waals surface area contributed by atoms with E-state index < -0.39 is 11.9 Å². The SMILES string of the molecule is CCOC(=O)c1ccc(I)c(CCCC(C)C)c1C(=O)O. The van der Waals surface area contributed by atoms with E-state index in [2.05, 4.69) is 36.4 Å². The Morgan fingerprint density at radius 2 is 2.00 bits per heavy atom. The first-order chi connectivity index (χ1) is 9.88. The lowest BCUT2D eigenvalue weighted by Crippen LogP contribution is -2.15. The van der Waals surface area contributed by atoms with Crippen LogP contribution in [0.1, 0.15) is 59.9 Å². The summed E-state index contributed by atoms with van der Waals surface area (Å²) in [6.45, 7) is 6.21. The molecule has 116 valence electrons. The van der Waals surface area contributed by atoms with Crippen LogP contribution in [0.5, 0.6) is 0 Å². The van der Waals surface area contributed by atoms with Crippen LogP contribution in [0.25, 0.3) is 0 Å². The summed E-state index contributed by atoms with van der Waals surface area (Å²) in [5, 5.41) is 9.49. The number of carbonyl (C=O) groups is 2. The maximum absolute atomic E-state index is 11.9. The van der Waals surface area contributed by atoms with E-state index in [1.165, 1.54) is 6.07 Å². The van der Waals surface area contributed by atoms with Gasteiger partial charge in [-0.05, 0) is 66.0 Å². The number of rotatable bonds is 7. The van der Waals surface area contributed by atoms with Gasteiger partial charge >= 0.3 is 11.9 Å². The second-order valence-corrected chi connectivity index (χ2v) is 6.42. The summed E-state index contributed by atoms with van der Waals surface area (Å²) in [6.07, 6.45) is 2.59. The van der Waals surface area contributed by atoms with Crippen molar-refractivity contribution in [3.63, 3.8) is 0 Å². The van der Waals surface area contributed by atoms with E-state index in [0.717, 1.165) is 22.0 Å². The molecule has 0 heterocycles. The van der Waals surface area contributed by atoms with E-state index in [1.54, 1.807) is 13.0 Å². The molecule has 4 nitrogen and oxygen atoms in total. The standard InChI is InChI=1S/C16H21IO4/c1-4-21-16(20)12-8-9-13(17)11(14(12)15(18)19)7-5-6-10(2)3/h8-10H,4-7H2,1-3H3,(H,18,19). The fraction of sp³-hybridized carbons (Fsp3) is 0.500. The molecule has 0 aromatic heterocycles. The monoisotopic (exact) mass is 404 g/mol. The topological polar surface area (TPSA) is 63.6 Å². The van der Waals surface area contributed by atoms with Crippen LogP contribution in [0.2, 0.25) is 0 Å². The maximum Gasteiger partial charge on any atom is 0.339 e. The molecule has 0 amide bonds. The molecule has 0 aliphatic carbocycles. The lowest BCUT2D eigenvalue weighted by molar-refractivity contribution is 0.0514. The molecule has 0 saturated heterocycles. The smallest absolute Gasteiger partial charge is 0.339 e. The molecule has 0 unspecified atom stereocenters. The first kappa shape index (κ1) is 17.9. The predicted octanol–water partition coefficient (Wildman–Crippen LogP) is 4.14. The number of carboxylic acid groups (broad SMARTS) is 1. The van der Waals surface area contributed by atoms with Gasteiger partial charge in [0.2, 0.25) is 0 Å². The minimum atomic E-state index is -1.07. The van der Waals surface area contributed by atoms with Gasteiger partial charge in [0, 0.05) is 3.57 Å². The van der Waals surface area contributed by atoms with Crippen molar-refractivity contribution in [2.75, 3.05) is 6.61 Å². The van der Waals surface area contributed by atoms with Gasteiger partial charge in [-0.25, -0.2) is 9.59 Å². The molecule has 0 radical (unpaired) electrons. The van der Waals surface area contributed by atoms with Crippen LogP contribution in [-0.4, -0.2) is 23.7 Å². The third-order valence-electron chi connectivity index (χ3n) is 3.17. The Balaban J connectivity index is 3.17. The molecule has 0 bridgehead atoms. The predicted molar refractivity (Wildman–Crippen MR) is 89.9 cm³/mol. The number of aromatic carboxylic acids is 1. The minimum Gasteiger partial charge on any atom is -0.478 e. The molecule has 0 spiro atoms. The van der Waals surface area contributed by atoms with Gasteiger partial charge < -0.3 is 9.84 Å². The summed E-state index contributed by atoms with van der Waals surface area (Å²) in [5.41, 5.74) is 0.961. The zero-order chi connectivity index (χ0) is 16.0. The Morgan fingerprint density at radius 1 is 1.33 bits per heavy atom. The van der Waals surface area contributed by atoms with Crippen molar-refractivity contribution in [1.29, 1.82) is 0 Å². The number of carbonyl (C=O) groups excluding carboxylic acids is 1.